The summed E-state index contributed by atoms with van der Waals surface area (Å²) >= 11 is 0. The number of nitrogens with zero attached hydrogens (tertiary/aromatic N) is 6. The van der Waals surface area contributed by atoms with Crippen molar-refractivity contribution < 1.29 is 4.79 Å². The standard InChI is InChI=1S/C30H32N6O/c1-5-25(37)36-16-30(17-36)9-10-35(15-30)28-21(13-31)26(19-7-6-8-24-22(19)14-32-34(24)4)20-11-18-12-23(27(20)33-28)29(18,2)3/h5-8,14,18,23H,1,9-12,15-17H2,2-4H3/t18-,23-/m0/s1. The highest BCUT2D eigenvalue weighted by molar-refractivity contribution is 5.98. The summed E-state index contributed by atoms with van der Waals surface area (Å²) in [5.41, 5.74) is 6.65. The Morgan fingerprint density at radius 1 is 1.27 bits per heavy atom. The lowest BCUT2D eigenvalue weighted by atomic mass is 9.48. The number of aryl methyl sites for hydroxylation is 1. The first-order valence-electron chi connectivity index (χ1n) is 13.3. The highest BCUT2D eigenvalue weighted by Gasteiger charge is 2.55. The summed E-state index contributed by atoms with van der Waals surface area (Å²) in [6.45, 7) is 11.6. The third-order valence-electron chi connectivity index (χ3n) is 10.0. The van der Waals surface area contributed by atoms with E-state index >= 15 is 0 Å². The molecule has 0 N–H and O–H groups in total. The molecule has 1 aromatic carbocycles. The predicted molar refractivity (Wildman–Crippen MR) is 143 cm³/mol. The molecule has 3 aromatic rings. The van der Waals surface area contributed by atoms with Crippen molar-refractivity contribution in [3.63, 3.8) is 0 Å². The van der Waals surface area contributed by atoms with Crippen LogP contribution in [0.5, 0.6) is 0 Å². The van der Waals surface area contributed by atoms with Gasteiger partial charge in [0.2, 0.25) is 5.91 Å². The van der Waals surface area contributed by atoms with Crippen molar-refractivity contribution in [3.05, 3.63) is 53.9 Å². The average molecular weight is 493 g/mol. The first kappa shape index (κ1) is 22.5. The number of anilines is 1. The van der Waals surface area contributed by atoms with Crippen LogP contribution in [0.4, 0.5) is 5.82 Å². The topological polar surface area (TPSA) is 78.1 Å². The second-order valence-electron chi connectivity index (χ2n) is 12.2. The van der Waals surface area contributed by atoms with Crippen LogP contribution in [0.15, 0.2) is 37.1 Å². The molecule has 0 radical (unpaired) electrons. The zero-order chi connectivity index (χ0) is 25.7. The summed E-state index contributed by atoms with van der Waals surface area (Å²) in [5.74, 6) is 1.86. The molecule has 5 aliphatic rings. The summed E-state index contributed by atoms with van der Waals surface area (Å²) in [6.07, 6.45) is 6.47. The number of rotatable bonds is 3. The van der Waals surface area contributed by atoms with Gasteiger partial charge < -0.3 is 9.80 Å². The van der Waals surface area contributed by atoms with Gasteiger partial charge in [-0.3, -0.25) is 9.48 Å². The van der Waals surface area contributed by atoms with E-state index in [0.717, 1.165) is 66.9 Å². The van der Waals surface area contributed by atoms with Crippen molar-refractivity contribution in [1.29, 1.82) is 5.26 Å². The second-order valence-corrected chi connectivity index (χ2v) is 12.2. The Morgan fingerprint density at radius 2 is 2.08 bits per heavy atom. The number of pyridine rings is 1. The van der Waals surface area contributed by atoms with E-state index in [4.69, 9.17) is 4.98 Å². The molecule has 7 heteroatoms. The van der Waals surface area contributed by atoms with E-state index in [1.54, 1.807) is 0 Å². The Labute approximate surface area is 217 Å². The fourth-order valence-corrected chi connectivity index (χ4v) is 7.65. The molecule has 2 aromatic heterocycles. The number of benzene rings is 1. The molecule has 1 spiro atoms. The van der Waals surface area contributed by atoms with Gasteiger partial charge in [0.1, 0.15) is 17.5 Å². The quantitative estimate of drug-likeness (QED) is 0.506. The van der Waals surface area contributed by atoms with Crippen molar-refractivity contribution >= 4 is 22.6 Å². The van der Waals surface area contributed by atoms with Gasteiger partial charge in [-0.25, -0.2) is 4.98 Å². The van der Waals surface area contributed by atoms with Crippen LogP contribution in [-0.4, -0.2) is 51.8 Å². The van der Waals surface area contributed by atoms with Crippen LogP contribution in [0.2, 0.25) is 0 Å². The largest absolute Gasteiger partial charge is 0.355 e. The molecule has 2 atom stereocenters. The average Bonchev–Trinajstić information content (AvgIpc) is 3.50. The SMILES string of the molecule is C=CC(=O)N1CC2(CCN(c3nc4c(c(-c5cccc6c5cnn6C)c3C#N)C[C@H]3C[C@@H]4C3(C)C)C2)C1. The lowest BCUT2D eigenvalue weighted by Gasteiger charge is -2.57. The number of nitriles is 1. The highest BCUT2D eigenvalue weighted by Crippen LogP contribution is 2.63. The first-order chi connectivity index (χ1) is 17.8. The number of hydrogen-bond acceptors (Lipinski definition) is 5. The Hall–Kier alpha value is -3.66. The Kier molecular flexibility index (Phi) is 4.53. The minimum Gasteiger partial charge on any atom is -0.355 e. The smallest absolute Gasteiger partial charge is 0.245 e. The Balaban J connectivity index is 1.38. The number of aromatic nitrogens is 3. The summed E-state index contributed by atoms with van der Waals surface area (Å²) in [6, 6.07) is 8.91. The van der Waals surface area contributed by atoms with Crippen molar-refractivity contribution in [2.75, 3.05) is 31.1 Å². The van der Waals surface area contributed by atoms with Crippen molar-refractivity contribution in [1.82, 2.24) is 19.7 Å². The molecule has 4 heterocycles. The fraction of sp³-hybridized carbons (Fsp3) is 0.467. The molecule has 2 saturated heterocycles. The molecule has 7 nitrogen and oxygen atoms in total. The highest BCUT2D eigenvalue weighted by atomic mass is 16.2. The summed E-state index contributed by atoms with van der Waals surface area (Å²) in [7, 11) is 1.96. The van der Waals surface area contributed by atoms with Crippen LogP contribution in [0.25, 0.3) is 22.0 Å². The Bertz CT molecular complexity index is 1540. The molecular formula is C30H32N6O. The second kappa shape index (κ2) is 7.44. The molecule has 1 amide bonds. The van der Waals surface area contributed by atoms with Crippen LogP contribution in [-0.2, 0) is 18.3 Å². The number of hydrogen-bond donors (Lipinski definition) is 0. The number of carbonyl (C=O) groups is 1. The van der Waals surface area contributed by atoms with E-state index in [0.29, 0.717) is 17.4 Å². The number of fused-ring (bicyclic) bond motifs is 1. The maximum absolute atomic E-state index is 12.1. The van der Waals surface area contributed by atoms with E-state index in [1.165, 1.54) is 23.8 Å². The molecule has 8 rings (SSSR count). The summed E-state index contributed by atoms with van der Waals surface area (Å²) in [4.78, 5) is 21.6. The Morgan fingerprint density at radius 3 is 2.81 bits per heavy atom. The van der Waals surface area contributed by atoms with E-state index in [-0.39, 0.29) is 16.7 Å². The van der Waals surface area contributed by atoms with Gasteiger partial charge in [0.15, 0.2) is 0 Å². The van der Waals surface area contributed by atoms with Crippen LogP contribution >= 0.6 is 0 Å². The lowest BCUT2D eigenvalue weighted by Crippen LogP contribution is -2.59. The molecule has 3 aliphatic carbocycles. The molecule has 2 aliphatic heterocycles. The summed E-state index contributed by atoms with van der Waals surface area (Å²) in [5, 5.41) is 16.2. The van der Waals surface area contributed by atoms with E-state index in [9.17, 15) is 10.1 Å². The van der Waals surface area contributed by atoms with Gasteiger partial charge in [-0.15, -0.1) is 0 Å². The molecule has 37 heavy (non-hydrogen) atoms. The minimum absolute atomic E-state index is 0.00214. The maximum Gasteiger partial charge on any atom is 0.245 e. The first-order valence-corrected chi connectivity index (χ1v) is 13.3. The van der Waals surface area contributed by atoms with E-state index in [1.807, 2.05) is 22.8 Å². The molecule has 0 unspecified atom stereocenters. The van der Waals surface area contributed by atoms with Crippen molar-refractivity contribution in [2.45, 2.75) is 39.0 Å². The van der Waals surface area contributed by atoms with Crippen molar-refractivity contribution in [3.8, 4) is 17.2 Å². The molecular weight excluding hydrogens is 460 g/mol. The molecule has 3 fully saturated rings. The molecule has 1 saturated carbocycles. The lowest BCUT2D eigenvalue weighted by molar-refractivity contribution is -0.136. The third-order valence-corrected chi connectivity index (χ3v) is 10.0. The fourth-order valence-electron chi connectivity index (χ4n) is 7.65. The normalized spacial score (nSPS) is 24.4. The van der Waals surface area contributed by atoms with Crippen LogP contribution in [0.3, 0.4) is 0 Å². The predicted octanol–water partition coefficient (Wildman–Crippen LogP) is 4.42. The van der Waals surface area contributed by atoms with Gasteiger partial charge in [0.05, 0.1) is 17.4 Å². The maximum atomic E-state index is 12.1. The van der Waals surface area contributed by atoms with Gasteiger partial charge >= 0.3 is 0 Å². The van der Waals surface area contributed by atoms with Crippen molar-refractivity contribution in [2.24, 2.45) is 23.8 Å². The van der Waals surface area contributed by atoms with Gasteiger partial charge in [0.25, 0.3) is 0 Å². The number of carbonyl (C=O) groups excluding carboxylic acids is 1. The monoisotopic (exact) mass is 492 g/mol. The van der Waals surface area contributed by atoms with Gasteiger partial charge in [-0.05, 0) is 53.9 Å². The van der Waals surface area contributed by atoms with Crippen LogP contribution in [0, 0.1) is 28.1 Å². The zero-order valence-electron chi connectivity index (χ0n) is 21.8. The molecule has 188 valence electrons. The summed E-state index contributed by atoms with van der Waals surface area (Å²) < 4.78 is 1.90. The third kappa shape index (κ3) is 2.96. The van der Waals surface area contributed by atoms with E-state index < -0.39 is 0 Å². The van der Waals surface area contributed by atoms with E-state index in [2.05, 4.69) is 54.7 Å². The number of likely N-dealkylation sites (tertiary alicyclic amines) is 1. The van der Waals surface area contributed by atoms with Crippen LogP contribution < -0.4 is 4.90 Å². The minimum atomic E-state index is 0.00214. The van der Waals surface area contributed by atoms with Gasteiger partial charge in [-0.2, -0.15) is 10.4 Å². The molecule has 2 bridgehead atoms. The zero-order valence-corrected chi connectivity index (χ0v) is 21.8. The number of amides is 1. The van der Waals surface area contributed by atoms with Gasteiger partial charge in [0, 0.05) is 55.5 Å². The van der Waals surface area contributed by atoms with Gasteiger partial charge in [-0.1, -0.05) is 32.6 Å². The van der Waals surface area contributed by atoms with Crippen LogP contribution in [0.1, 0.15) is 49.4 Å².